The quantitative estimate of drug-likeness (QED) is 0.922. The highest BCUT2D eigenvalue weighted by Crippen LogP contribution is 2.86. The molecule has 1 saturated heterocycles. The maximum absolute atomic E-state index is 6.32. The highest BCUT2D eigenvalue weighted by molar-refractivity contribution is 5.35. The summed E-state index contributed by atoms with van der Waals surface area (Å²) in [6.45, 7) is 2.61. The van der Waals surface area contributed by atoms with Crippen molar-refractivity contribution in [3.8, 4) is 0 Å². The van der Waals surface area contributed by atoms with Crippen LogP contribution in [0.4, 0.5) is 0 Å². The number of hydrogen-bond acceptors (Lipinski definition) is 4. The molecule has 7 rings (SSSR count). The molecule has 9 atom stereocenters. The van der Waals surface area contributed by atoms with Crippen molar-refractivity contribution in [2.24, 2.45) is 47.3 Å². The van der Waals surface area contributed by atoms with Crippen molar-refractivity contribution < 1.29 is 9.47 Å². The van der Waals surface area contributed by atoms with Crippen molar-refractivity contribution >= 4 is 0 Å². The Labute approximate surface area is 136 Å². The number of rotatable bonds is 3. The zero-order valence-electron chi connectivity index (χ0n) is 13.1. The van der Waals surface area contributed by atoms with Crippen molar-refractivity contribution in [1.82, 2.24) is 10.3 Å². The first-order valence-corrected chi connectivity index (χ1v) is 9.30. The monoisotopic (exact) mass is 310 g/mol. The molecule has 1 aliphatic heterocycles. The summed E-state index contributed by atoms with van der Waals surface area (Å²) < 4.78 is 12.6. The van der Waals surface area contributed by atoms with Gasteiger partial charge in [-0.25, -0.2) is 0 Å². The first kappa shape index (κ1) is 12.4. The summed E-state index contributed by atoms with van der Waals surface area (Å²) in [6.07, 6.45) is 5.25. The third-order valence-electron chi connectivity index (χ3n) is 8.41. The van der Waals surface area contributed by atoms with Crippen LogP contribution >= 0.6 is 0 Å². The highest BCUT2D eigenvalue weighted by atomic mass is 16.7. The van der Waals surface area contributed by atoms with Gasteiger partial charge in [0.05, 0.1) is 13.2 Å². The molecule has 0 aromatic carbocycles. The Balaban J connectivity index is 1.23. The molecule has 0 unspecified atom stereocenters. The van der Waals surface area contributed by atoms with E-state index in [4.69, 9.17) is 9.47 Å². The number of nitrogens with one attached hydrogen (secondary N) is 1. The zero-order chi connectivity index (χ0) is 14.8. The minimum absolute atomic E-state index is 0.165. The van der Waals surface area contributed by atoms with Crippen LogP contribution in [-0.4, -0.2) is 30.0 Å². The number of nitrogens with zero attached hydrogens (tertiary/aromatic N) is 1. The van der Waals surface area contributed by atoms with E-state index in [2.05, 4.69) is 22.4 Å². The molecule has 2 bridgehead atoms. The minimum Gasteiger partial charge on any atom is -0.347 e. The van der Waals surface area contributed by atoms with Crippen LogP contribution < -0.4 is 5.32 Å². The van der Waals surface area contributed by atoms with Crippen molar-refractivity contribution in [2.45, 2.75) is 24.8 Å². The molecule has 1 spiro atoms. The van der Waals surface area contributed by atoms with E-state index in [9.17, 15) is 0 Å². The molecule has 4 nitrogen and oxygen atoms in total. The van der Waals surface area contributed by atoms with Gasteiger partial charge >= 0.3 is 0 Å². The molecule has 23 heavy (non-hydrogen) atoms. The minimum atomic E-state index is -0.165. The molecular formula is C19H22N2O2. The molecule has 120 valence electrons. The summed E-state index contributed by atoms with van der Waals surface area (Å²) in [5.74, 6) is 6.56. The summed E-state index contributed by atoms with van der Waals surface area (Å²) in [4.78, 5) is 4.13. The second-order valence-corrected chi connectivity index (χ2v) is 8.60. The SMILES string of the molecule is c1cc(CN[C@@H]2[C@H]3[C@H]4[C@@H]5C[C@@H]6[C@H]4[C@H]3C3(OCCO3)[C@@H]6[C@@H]52)ccn1. The maximum Gasteiger partial charge on any atom is 0.175 e. The van der Waals surface area contributed by atoms with E-state index in [-0.39, 0.29) is 5.79 Å². The van der Waals surface area contributed by atoms with E-state index in [1.807, 2.05) is 12.4 Å². The van der Waals surface area contributed by atoms with Gasteiger partial charge < -0.3 is 14.8 Å². The fourth-order valence-electron chi connectivity index (χ4n) is 8.32. The lowest BCUT2D eigenvalue weighted by molar-refractivity contribution is -0.264. The lowest BCUT2D eigenvalue weighted by atomic mass is 9.57. The molecular weight excluding hydrogens is 288 g/mol. The van der Waals surface area contributed by atoms with Gasteiger partial charge in [0, 0.05) is 36.8 Å². The van der Waals surface area contributed by atoms with Gasteiger partial charge in [0.15, 0.2) is 5.79 Å². The van der Waals surface area contributed by atoms with Crippen molar-refractivity contribution in [2.75, 3.05) is 13.2 Å². The average Bonchev–Trinajstić information content (AvgIpc) is 3.24. The van der Waals surface area contributed by atoms with Crippen LogP contribution in [-0.2, 0) is 16.0 Å². The van der Waals surface area contributed by atoms with Gasteiger partial charge in [0.2, 0.25) is 0 Å². The van der Waals surface area contributed by atoms with Gasteiger partial charge in [-0.15, -0.1) is 0 Å². The molecule has 1 N–H and O–H groups in total. The molecule has 1 aromatic heterocycles. The number of fused-ring (bicyclic) bond motifs is 4. The van der Waals surface area contributed by atoms with E-state index < -0.39 is 0 Å². The zero-order valence-corrected chi connectivity index (χ0v) is 13.1. The summed E-state index contributed by atoms with van der Waals surface area (Å²) in [5.41, 5.74) is 1.35. The van der Waals surface area contributed by atoms with Crippen LogP contribution in [0.1, 0.15) is 12.0 Å². The fourth-order valence-corrected chi connectivity index (χ4v) is 8.32. The van der Waals surface area contributed by atoms with Crippen LogP contribution in [0.2, 0.25) is 0 Å². The van der Waals surface area contributed by atoms with Gasteiger partial charge in [-0.1, -0.05) is 0 Å². The topological polar surface area (TPSA) is 43.4 Å². The third kappa shape index (κ3) is 1.16. The Morgan fingerprint density at radius 2 is 1.83 bits per heavy atom. The van der Waals surface area contributed by atoms with Gasteiger partial charge in [-0.2, -0.15) is 0 Å². The Bertz CT molecular complexity index is 673. The molecule has 4 heteroatoms. The fraction of sp³-hybridized carbons (Fsp3) is 0.737. The number of aromatic nitrogens is 1. The Hall–Kier alpha value is -0.970. The normalized spacial score (nSPS) is 55.2. The average molecular weight is 310 g/mol. The van der Waals surface area contributed by atoms with Crippen LogP contribution in [0.5, 0.6) is 0 Å². The molecule has 2 heterocycles. The van der Waals surface area contributed by atoms with Crippen LogP contribution in [0.25, 0.3) is 0 Å². The van der Waals surface area contributed by atoms with E-state index in [1.165, 1.54) is 12.0 Å². The third-order valence-corrected chi connectivity index (χ3v) is 8.41. The van der Waals surface area contributed by atoms with Crippen LogP contribution in [0.3, 0.4) is 0 Å². The first-order valence-electron chi connectivity index (χ1n) is 9.30. The lowest BCUT2D eigenvalue weighted by Gasteiger charge is -2.54. The summed E-state index contributed by atoms with van der Waals surface area (Å²) in [7, 11) is 0. The highest BCUT2D eigenvalue weighted by Gasteiger charge is 2.88. The molecule has 0 radical (unpaired) electrons. The second kappa shape index (κ2) is 3.81. The molecule has 5 aliphatic carbocycles. The summed E-state index contributed by atoms with van der Waals surface area (Å²) >= 11 is 0. The van der Waals surface area contributed by atoms with E-state index in [1.54, 1.807) is 0 Å². The first-order chi connectivity index (χ1) is 11.4. The Morgan fingerprint density at radius 1 is 1.00 bits per heavy atom. The van der Waals surface area contributed by atoms with Crippen LogP contribution in [0.15, 0.2) is 24.5 Å². The predicted octanol–water partition coefficient (Wildman–Crippen LogP) is 1.67. The van der Waals surface area contributed by atoms with Gasteiger partial charge in [-0.05, 0) is 59.6 Å². The van der Waals surface area contributed by atoms with E-state index in [0.717, 1.165) is 55.3 Å². The lowest BCUT2D eigenvalue weighted by Crippen LogP contribution is -2.62. The Morgan fingerprint density at radius 3 is 2.65 bits per heavy atom. The molecule has 6 aliphatic rings. The summed E-state index contributed by atoms with van der Waals surface area (Å²) in [5, 5.41) is 3.94. The maximum atomic E-state index is 6.32. The largest absolute Gasteiger partial charge is 0.347 e. The molecule has 6 fully saturated rings. The van der Waals surface area contributed by atoms with Gasteiger partial charge in [0.1, 0.15) is 0 Å². The van der Waals surface area contributed by atoms with Gasteiger partial charge in [-0.3, -0.25) is 4.98 Å². The predicted molar refractivity (Wildman–Crippen MR) is 82.0 cm³/mol. The van der Waals surface area contributed by atoms with Gasteiger partial charge in [0.25, 0.3) is 0 Å². The molecule has 1 aromatic rings. The number of ether oxygens (including phenoxy) is 2. The van der Waals surface area contributed by atoms with E-state index in [0.29, 0.717) is 17.9 Å². The standard InChI is InChI=1S/C19H22N2O2/c1-3-20-4-2-9(1)8-21-18-14-10-7-11-13-12(10)15(18)17(13)19(16(11)14)22-5-6-23-19/h1-4,10-18,21H,5-8H2/t10-,11+,12-,13+,14+,15-,16-,17+,18-/m0/s1. The Kier molecular flexibility index (Phi) is 2.06. The van der Waals surface area contributed by atoms with Crippen LogP contribution in [0, 0.1) is 47.3 Å². The number of pyridine rings is 1. The number of hydrogen-bond donors (Lipinski definition) is 1. The second-order valence-electron chi connectivity index (χ2n) is 8.60. The molecule has 0 amide bonds. The smallest absolute Gasteiger partial charge is 0.175 e. The van der Waals surface area contributed by atoms with Crippen molar-refractivity contribution in [3.63, 3.8) is 0 Å². The van der Waals surface area contributed by atoms with E-state index >= 15 is 0 Å². The summed E-state index contributed by atoms with van der Waals surface area (Å²) in [6, 6.07) is 4.95. The van der Waals surface area contributed by atoms with Crippen molar-refractivity contribution in [1.29, 1.82) is 0 Å². The van der Waals surface area contributed by atoms with Crippen molar-refractivity contribution in [3.05, 3.63) is 30.1 Å². The molecule has 5 saturated carbocycles.